The Hall–Kier alpha value is -2.38. The van der Waals surface area contributed by atoms with Gasteiger partial charge in [-0.05, 0) is 47.6 Å². The van der Waals surface area contributed by atoms with Gasteiger partial charge >= 0.3 is 12.1 Å². The van der Waals surface area contributed by atoms with E-state index in [1.807, 2.05) is 17.5 Å². The highest BCUT2D eigenvalue weighted by atomic mass is 32.1. The van der Waals surface area contributed by atoms with Crippen molar-refractivity contribution in [2.45, 2.75) is 52.2 Å². The first-order chi connectivity index (χ1) is 13.7. The SMILES string of the molecule is CC1(C)CC(N=C=O)CC(C)(CNC(=O)NCC2CN(c3cccs3)C(=O)O2)C1. The van der Waals surface area contributed by atoms with Crippen LogP contribution in [0.1, 0.15) is 40.0 Å². The fraction of sp³-hybridized carbons (Fsp3) is 0.650. The fourth-order valence-corrected chi connectivity index (χ4v) is 5.40. The van der Waals surface area contributed by atoms with Gasteiger partial charge in [0.05, 0.1) is 19.1 Å². The number of amides is 3. The van der Waals surface area contributed by atoms with E-state index in [1.165, 1.54) is 11.3 Å². The van der Waals surface area contributed by atoms with Crippen molar-refractivity contribution in [2.24, 2.45) is 15.8 Å². The molecule has 3 amide bonds. The lowest BCUT2D eigenvalue weighted by Gasteiger charge is -2.45. The molecule has 2 fully saturated rings. The summed E-state index contributed by atoms with van der Waals surface area (Å²) in [7, 11) is 0. The number of rotatable bonds is 6. The van der Waals surface area contributed by atoms with E-state index in [9.17, 15) is 14.4 Å². The number of carbonyl (C=O) groups is 2. The standard InChI is InChI=1S/C20H28N4O4S/c1-19(2)7-14(23-13-25)8-20(3,11-19)12-22-17(26)21-9-15-10-24(18(27)28-15)16-5-4-6-29-16/h4-6,14-15H,7-12H2,1-3H3,(H2,21,22,26). The van der Waals surface area contributed by atoms with E-state index in [-0.39, 0.29) is 35.6 Å². The number of nitrogens with one attached hydrogen (secondary N) is 2. The maximum Gasteiger partial charge on any atom is 0.415 e. The molecule has 0 bridgehead atoms. The van der Waals surface area contributed by atoms with Gasteiger partial charge in [-0.25, -0.2) is 19.4 Å². The van der Waals surface area contributed by atoms with E-state index in [1.54, 1.807) is 11.0 Å². The number of thiophene rings is 1. The van der Waals surface area contributed by atoms with Crippen LogP contribution in [-0.2, 0) is 9.53 Å². The van der Waals surface area contributed by atoms with Gasteiger partial charge in [0.1, 0.15) is 11.1 Å². The molecule has 0 radical (unpaired) electrons. The highest BCUT2D eigenvalue weighted by Gasteiger charge is 2.41. The molecule has 1 aliphatic heterocycles. The number of ether oxygens (including phenoxy) is 1. The number of isocyanates is 1. The Kier molecular flexibility index (Phi) is 6.29. The van der Waals surface area contributed by atoms with Crippen LogP contribution < -0.4 is 15.5 Å². The van der Waals surface area contributed by atoms with Crippen LogP contribution in [0.2, 0.25) is 0 Å². The molecule has 158 valence electrons. The third-order valence-electron chi connectivity index (χ3n) is 5.47. The van der Waals surface area contributed by atoms with Crippen LogP contribution in [-0.4, -0.2) is 50.0 Å². The summed E-state index contributed by atoms with van der Waals surface area (Å²) in [4.78, 5) is 40.5. The minimum atomic E-state index is -0.390. The highest BCUT2D eigenvalue weighted by molar-refractivity contribution is 7.14. The Labute approximate surface area is 174 Å². The minimum Gasteiger partial charge on any atom is -0.442 e. The molecule has 3 atom stereocenters. The van der Waals surface area contributed by atoms with Crippen LogP contribution in [0.5, 0.6) is 0 Å². The average Bonchev–Trinajstić information content (AvgIpc) is 3.26. The van der Waals surface area contributed by atoms with Crippen molar-refractivity contribution in [3.63, 3.8) is 0 Å². The molecule has 1 saturated carbocycles. The predicted octanol–water partition coefficient (Wildman–Crippen LogP) is 3.29. The third kappa shape index (κ3) is 5.58. The first kappa shape index (κ1) is 21.3. The summed E-state index contributed by atoms with van der Waals surface area (Å²) in [6, 6.07) is 3.38. The molecular weight excluding hydrogens is 392 g/mol. The second-order valence-electron chi connectivity index (χ2n) is 9.07. The zero-order chi connectivity index (χ0) is 21.1. The van der Waals surface area contributed by atoms with E-state index >= 15 is 0 Å². The molecule has 29 heavy (non-hydrogen) atoms. The van der Waals surface area contributed by atoms with Crippen LogP contribution in [0.4, 0.5) is 14.6 Å². The largest absolute Gasteiger partial charge is 0.442 e. The van der Waals surface area contributed by atoms with E-state index in [0.29, 0.717) is 13.1 Å². The molecule has 8 nitrogen and oxygen atoms in total. The quantitative estimate of drug-likeness (QED) is 0.545. The van der Waals surface area contributed by atoms with Crippen LogP contribution in [0, 0.1) is 10.8 Å². The van der Waals surface area contributed by atoms with Gasteiger partial charge < -0.3 is 15.4 Å². The van der Waals surface area contributed by atoms with Crippen LogP contribution in [0.3, 0.4) is 0 Å². The summed E-state index contributed by atoms with van der Waals surface area (Å²) < 4.78 is 5.33. The molecular formula is C20H28N4O4S. The average molecular weight is 421 g/mol. The molecule has 0 spiro atoms. The van der Waals surface area contributed by atoms with Crippen molar-refractivity contribution in [1.29, 1.82) is 0 Å². The molecule has 0 aromatic carbocycles. The third-order valence-corrected chi connectivity index (χ3v) is 6.36. The molecule has 3 unspecified atom stereocenters. The normalized spacial score (nSPS) is 28.4. The number of carbonyl (C=O) groups excluding carboxylic acids is 3. The summed E-state index contributed by atoms with van der Waals surface area (Å²) in [5.74, 6) is 0. The van der Waals surface area contributed by atoms with Gasteiger partial charge in [-0.15, -0.1) is 11.3 Å². The second kappa shape index (κ2) is 8.55. The molecule has 1 aromatic rings. The topological polar surface area (TPSA) is 100 Å². The van der Waals surface area contributed by atoms with E-state index < -0.39 is 6.09 Å². The number of hydrogen-bond acceptors (Lipinski definition) is 6. The van der Waals surface area contributed by atoms with E-state index in [0.717, 1.165) is 24.3 Å². The number of nitrogens with zero attached hydrogens (tertiary/aromatic N) is 2. The van der Waals surface area contributed by atoms with Crippen molar-refractivity contribution in [2.75, 3.05) is 24.5 Å². The zero-order valence-electron chi connectivity index (χ0n) is 17.1. The van der Waals surface area contributed by atoms with Crippen LogP contribution in [0.25, 0.3) is 0 Å². The lowest BCUT2D eigenvalue weighted by molar-refractivity contribution is 0.0848. The molecule has 3 rings (SSSR count). The Balaban J connectivity index is 1.46. The Bertz CT molecular complexity index is 790. The van der Waals surface area contributed by atoms with Gasteiger partial charge in [-0.2, -0.15) is 0 Å². The van der Waals surface area contributed by atoms with Crippen LogP contribution in [0.15, 0.2) is 22.5 Å². The van der Waals surface area contributed by atoms with Crippen molar-refractivity contribution >= 4 is 34.5 Å². The molecule has 1 saturated heterocycles. The zero-order valence-corrected chi connectivity index (χ0v) is 17.9. The predicted molar refractivity (Wildman–Crippen MR) is 111 cm³/mol. The Morgan fingerprint density at radius 3 is 2.86 bits per heavy atom. The highest BCUT2D eigenvalue weighted by Crippen LogP contribution is 2.46. The molecule has 1 aromatic heterocycles. The van der Waals surface area contributed by atoms with Gasteiger partial charge in [-0.1, -0.05) is 20.8 Å². The Morgan fingerprint density at radius 2 is 2.17 bits per heavy atom. The molecule has 2 aliphatic rings. The summed E-state index contributed by atoms with van der Waals surface area (Å²) in [5, 5.41) is 8.45. The first-order valence-electron chi connectivity index (χ1n) is 9.80. The summed E-state index contributed by atoms with van der Waals surface area (Å²) in [6.07, 6.45) is 3.42. The second-order valence-corrected chi connectivity index (χ2v) is 9.99. The summed E-state index contributed by atoms with van der Waals surface area (Å²) >= 11 is 1.47. The summed E-state index contributed by atoms with van der Waals surface area (Å²) in [6.45, 7) is 7.58. The lowest BCUT2D eigenvalue weighted by atomic mass is 9.63. The smallest absolute Gasteiger partial charge is 0.415 e. The maximum absolute atomic E-state index is 12.3. The number of anilines is 1. The fourth-order valence-electron chi connectivity index (χ4n) is 4.67. The van der Waals surface area contributed by atoms with Gasteiger partial charge in [0.15, 0.2) is 0 Å². The summed E-state index contributed by atoms with van der Waals surface area (Å²) in [5.41, 5.74) is -0.112. The maximum atomic E-state index is 12.3. The first-order valence-corrected chi connectivity index (χ1v) is 10.7. The minimum absolute atomic E-state index is 0.0411. The number of cyclic esters (lactones) is 1. The van der Waals surface area contributed by atoms with Crippen molar-refractivity contribution in [1.82, 2.24) is 10.6 Å². The number of hydrogen-bond donors (Lipinski definition) is 2. The molecule has 2 heterocycles. The molecule has 9 heteroatoms. The van der Waals surface area contributed by atoms with Crippen LogP contribution >= 0.6 is 11.3 Å². The van der Waals surface area contributed by atoms with Gasteiger partial charge in [-0.3, -0.25) is 4.90 Å². The lowest BCUT2D eigenvalue weighted by Crippen LogP contribution is -2.48. The van der Waals surface area contributed by atoms with E-state index in [4.69, 9.17) is 4.74 Å². The number of aliphatic imine (C=N–C) groups is 1. The Morgan fingerprint density at radius 1 is 1.38 bits per heavy atom. The van der Waals surface area contributed by atoms with Gasteiger partial charge in [0.2, 0.25) is 6.08 Å². The van der Waals surface area contributed by atoms with Crippen molar-refractivity contribution in [3.05, 3.63) is 17.5 Å². The van der Waals surface area contributed by atoms with Gasteiger partial charge in [0, 0.05) is 6.54 Å². The van der Waals surface area contributed by atoms with Gasteiger partial charge in [0.25, 0.3) is 0 Å². The monoisotopic (exact) mass is 420 g/mol. The van der Waals surface area contributed by atoms with Crippen molar-refractivity contribution in [3.8, 4) is 0 Å². The van der Waals surface area contributed by atoms with E-state index in [2.05, 4.69) is 36.4 Å². The molecule has 1 aliphatic carbocycles. The number of urea groups is 1. The van der Waals surface area contributed by atoms with Crippen molar-refractivity contribution < 1.29 is 19.1 Å². The molecule has 2 N–H and O–H groups in total.